The second-order valence-electron chi connectivity index (χ2n) is 9.95. The summed E-state index contributed by atoms with van der Waals surface area (Å²) < 4.78 is 0. The molecule has 0 radical (unpaired) electrons. The van der Waals surface area contributed by atoms with Gasteiger partial charge in [0.1, 0.15) is 0 Å². The van der Waals surface area contributed by atoms with Crippen molar-refractivity contribution in [2.75, 3.05) is 0 Å². The van der Waals surface area contributed by atoms with E-state index in [4.69, 9.17) is 0 Å². The summed E-state index contributed by atoms with van der Waals surface area (Å²) in [6.45, 7) is 4.68. The highest BCUT2D eigenvalue weighted by Crippen LogP contribution is 2.50. The highest BCUT2D eigenvalue weighted by molar-refractivity contribution is 6.10. The van der Waals surface area contributed by atoms with Gasteiger partial charge in [0.15, 0.2) is 5.82 Å². The summed E-state index contributed by atoms with van der Waals surface area (Å²) in [5.74, 6) is 0.748. The fraction of sp³-hybridized carbons (Fsp3) is 0.0909. The first-order chi connectivity index (χ1) is 17.1. The van der Waals surface area contributed by atoms with Crippen LogP contribution in [0.15, 0.2) is 109 Å². The van der Waals surface area contributed by atoms with Gasteiger partial charge in [-0.3, -0.25) is 0 Å². The van der Waals surface area contributed by atoms with Crippen LogP contribution in [-0.2, 0) is 5.41 Å². The lowest BCUT2D eigenvalue weighted by atomic mass is 9.81. The minimum Gasteiger partial charge on any atom is -0.236 e. The second-order valence-corrected chi connectivity index (χ2v) is 9.95. The molecule has 0 aliphatic heterocycles. The van der Waals surface area contributed by atoms with Crippen LogP contribution in [0.3, 0.4) is 0 Å². The summed E-state index contributed by atoms with van der Waals surface area (Å²) in [5.41, 5.74) is 8.70. The zero-order chi connectivity index (χ0) is 23.6. The molecule has 7 rings (SSSR count). The molecule has 0 amide bonds. The molecule has 0 spiro atoms. The molecule has 0 unspecified atom stereocenters. The van der Waals surface area contributed by atoms with Gasteiger partial charge in [0.25, 0.3) is 0 Å². The Bertz CT molecular complexity index is 1750. The molecule has 2 nitrogen and oxygen atoms in total. The van der Waals surface area contributed by atoms with Crippen LogP contribution in [0.2, 0.25) is 0 Å². The van der Waals surface area contributed by atoms with E-state index >= 15 is 0 Å². The number of nitrogens with zero attached hydrogens (tertiary/aromatic N) is 2. The predicted molar refractivity (Wildman–Crippen MR) is 145 cm³/mol. The molecule has 0 bridgehead atoms. The Morgan fingerprint density at radius 1 is 0.514 bits per heavy atom. The molecular formula is C33H24N2. The van der Waals surface area contributed by atoms with Gasteiger partial charge in [0.2, 0.25) is 0 Å². The van der Waals surface area contributed by atoms with Crippen molar-refractivity contribution in [2.24, 2.45) is 0 Å². The molecule has 1 aromatic heterocycles. The van der Waals surface area contributed by atoms with Crippen LogP contribution in [0, 0.1) is 0 Å². The first kappa shape index (κ1) is 20.1. The van der Waals surface area contributed by atoms with E-state index in [1.165, 1.54) is 43.8 Å². The minimum absolute atomic E-state index is 0.0129. The van der Waals surface area contributed by atoms with Crippen LogP contribution in [0.25, 0.3) is 55.2 Å². The third kappa shape index (κ3) is 3.03. The highest BCUT2D eigenvalue weighted by Gasteiger charge is 2.35. The van der Waals surface area contributed by atoms with E-state index in [1.54, 1.807) is 0 Å². The lowest BCUT2D eigenvalue weighted by molar-refractivity contribution is 0.661. The van der Waals surface area contributed by atoms with Gasteiger partial charge in [0.05, 0.1) is 0 Å². The van der Waals surface area contributed by atoms with E-state index < -0.39 is 0 Å². The van der Waals surface area contributed by atoms with Gasteiger partial charge in [-0.1, -0.05) is 92.7 Å². The van der Waals surface area contributed by atoms with Crippen LogP contribution in [0.5, 0.6) is 0 Å². The lowest BCUT2D eigenvalue weighted by Gasteiger charge is -2.22. The Labute approximate surface area is 204 Å². The van der Waals surface area contributed by atoms with Crippen LogP contribution in [-0.4, -0.2) is 9.97 Å². The maximum absolute atomic E-state index is 4.65. The summed E-state index contributed by atoms with van der Waals surface area (Å²) in [7, 11) is 0. The zero-order valence-corrected chi connectivity index (χ0v) is 19.8. The topological polar surface area (TPSA) is 25.8 Å². The number of fused-ring (bicyclic) bond motifs is 6. The molecule has 35 heavy (non-hydrogen) atoms. The summed E-state index contributed by atoms with van der Waals surface area (Å²) in [6.07, 6.45) is 3.86. The average Bonchev–Trinajstić information content (AvgIpc) is 3.14. The van der Waals surface area contributed by atoms with E-state index in [9.17, 15) is 0 Å². The van der Waals surface area contributed by atoms with E-state index in [2.05, 4.69) is 90.5 Å². The second kappa shape index (κ2) is 7.35. The Balaban J connectivity index is 1.38. The van der Waals surface area contributed by atoms with E-state index in [-0.39, 0.29) is 5.41 Å². The standard InChI is InChI=1S/C33H24N2/c1-33(2)30-11-7-6-10-26(30)29-17-24-15-13-21-12-14-23(16-27(21)28(24)18-31(29)33)25-19-34-32(35-20-25)22-8-4-3-5-9-22/h3-20H,1-2H3. The fourth-order valence-corrected chi connectivity index (χ4v) is 5.64. The van der Waals surface area contributed by atoms with Crippen molar-refractivity contribution in [3.8, 4) is 33.6 Å². The molecule has 0 fully saturated rings. The van der Waals surface area contributed by atoms with Crippen molar-refractivity contribution in [3.05, 3.63) is 121 Å². The molecule has 2 heteroatoms. The van der Waals surface area contributed by atoms with Crippen LogP contribution in [0.1, 0.15) is 25.0 Å². The van der Waals surface area contributed by atoms with Crippen molar-refractivity contribution in [1.82, 2.24) is 9.97 Å². The fourth-order valence-electron chi connectivity index (χ4n) is 5.64. The molecule has 1 aliphatic rings. The summed E-state index contributed by atoms with van der Waals surface area (Å²) in [4.78, 5) is 9.29. The number of benzene rings is 5. The van der Waals surface area contributed by atoms with E-state index in [0.717, 1.165) is 22.5 Å². The molecule has 1 aliphatic carbocycles. The van der Waals surface area contributed by atoms with Gasteiger partial charge >= 0.3 is 0 Å². The largest absolute Gasteiger partial charge is 0.236 e. The van der Waals surface area contributed by atoms with Gasteiger partial charge in [0, 0.05) is 28.9 Å². The number of rotatable bonds is 2. The quantitative estimate of drug-likeness (QED) is 0.248. The third-order valence-electron chi connectivity index (χ3n) is 7.56. The summed E-state index contributed by atoms with van der Waals surface area (Å²) >= 11 is 0. The lowest BCUT2D eigenvalue weighted by Crippen LogP contribution is -2.14. The maximum atomic E-state index is 4.65. The monoisotopic (exact) mass is 448 g/mol. The van der Waals surface area contributed by atoms with E-state index in [1.807, 2.05) is 42.7 Å². The Hall–Kier alpha value is -4.30. The highest BCUT2D eigenvalue weighted by atomic mass is 14.9. The number of hydrogen-bond donors (Lipinski definition) is 0. The summed E-state index contributed by atoms with van der Waals surface area (Å²) in [5, 5.41) is 5.08. The van der Waals surface area contributed by atoms with Gasteiger partial charge in [-0.25, -0.2) is 9.97 Å². The van der Waals surface area contributed by atoms with Crippen molar-refractivity contribution in [2.45, 2.75) is 19.3 Å². The molecule has 0 saturated heterocycles. The molecule has 6 aromatic rings. The van der Waals surface area contributed by atoms with Crippen molar-refractivity contribution < 1.29 is 0 Å². The van der Waals surface area contributed by atoms with Crippen molar-refractivity contribution in [3.63, 3.8) is 0 Å². The maximum Gasteiger partial charge on any atom is 0.159 e. The minimum atomic E-state index is -0.0129. The van der Waals surface area contributed by atoms with Crippen molar-refractivity contribution >= 4 is 21.5 Å². The molecule has 5 aromatic carbocycles. The molecular weight excluding hydrogens is 424 g/mol. The van der Waals surface area contributed by atoms with Crippen molar-refractivity contribution in [1.29, 1.82) is 0 Å². The Morgan fingerprint density at radius 2 is 1.20 bits per heavy atom. The van der Waals surface area contributed by atoms with Gasteiger partial charge in [-0.15, -0.1) is 0 Å². The molecule has 0 atom stereocenters. The molecule has 0 saturated carbocycles. The first-order valence-electron chi connectivity index (χ1n) is 12.1. The number of hydrogen-bond acceptors (Lipinski definition) is 2. The average molecular weight is 449 g/mol. The van der Waals surface area contributed by atoms with Crippen LogP contribution in [0.4, 0.5) is 0 Å². The van der Waals surface area contributed by atoms with Crippen LogP contribution >= 0.6 is 0 Å². The van der Waals surface area contributed by atoms with Gasteiger partial charge < -0.3 is 0 Å². The molecule has 0 N–H and O–H groups in total. The predicted octanol–water partition coefficient (Wildman–Crippen LogP) is 8.42. The SMILES string of the molecule is CC1(C)c2ccccc2-c2cc3ccc4ccc(-c5cnc(-c6ccccc6)nc5)cc4c3cc21. The Morgan fingerprint density at radius 3 is 2.03 bits per heavy atom. The Kier molecular flexibility index (Phi) is 4.22. The third-order valence-corrected chi connectivity index (χ3v) is 7.56. The molecule has 166 valence electrons. The smallest absolute Gasteiger partial charge is 0.159 e. The van der Waals surface area contributed by atoms with Gasteiger partial charge in [-0.05, 0) is 67.6 Å². The van der Waals surface area contributed by atoms with Gasteiger partial charge in [-0.2, -0.15) is 0 Å². The summed E-state index contributed by atoms with van der Waals surface area (Å²) in [6, 6.07) is 34.9. The van der Waals surface area contributed by atoms with Crippen LogP contribution < -0.4 is 0 Å². The first-order valence-corrected chi connectivity index (χ1v) is 12.1. The number of aromatic nitrogens is 2. The molecule has 1 heterocycles. The van der Waals surface area contributed by atoms with E-state index in [0.29, 0.717) is 0 Å². The normalized spacial score (nSPS) is 13.7. The zero-order valence-electron chi connectivity index (χ0n) is 19.8.